The molecule has 0 heterocycles. The van der Waals surface area contributed by atoms with Gasteiger partial charge in [0.25, 0.3) is 0 Å². The molecule has 0 aliphatic carbocycles. The van der Waals surface area contributed by atoms with Gasteiger partial charge in [-0.05, 0) is 50.6 Å². The summed E-state index contributed by atoms with van der Waals surface area (Å²) in [7, 11) is 1.46. The summed E-state index contributed by atoms with van der Waals surface area (Å²) in [5, 5.41) is 35.5. The van der Waals surface area contributed by atoms with Gasteiger partial charge in [-0.15, -0.1) is 11.6 Å². The van der Waals surface area contributed by atoms with Crippen molar-refractivity contribution in [1.82, 2.24) is 53.2 Å². The third-order valence-corrected chi connectivity index (χ3v) is 15.8. The van der Waals surface area contributed by atoms with Gasteiger partial charge in [0, 0.05) is 66.5 Å². The van der Waals surface area contributed by atoms with Crippen LogP contribution in [0.4, 0.5) is 0 Å². The molecule has 0 saturated heterocycles. The van der Waals surface area contributed by atoms with E-state index in [9.17, 15) is 62.6 Å². The Labute approximate surface area is 581 Å². The highest BCUT2D eigenvalue weighted by molar-refractivity contribution is 8.00. The van der Waals surface area contributed by atoms with Crippen molar-refractivity contribution in [3.63, 3.8) is 0 Å². The number of rotatable bonds is 49. The van der Waals surface area contributed by atoms with Crippen LogP contribution in [0.5, 0.6) is 0 Å². The molecule has 0 aromatic heterocycles. The third-order valence-electron chi connectivity index (χ3n) is 12.5. The van der Waals surface area contributed by atoms with Gasteiger partial charge in [-0.1, -0.05) is 78.8 Å². The van der Waals surface area contributed by atoms with Crippen molar-refractivity contribution in [2.24, 2.45) is 27.9 Å². The summed E-state index contributed by atoms with van der Waals surface area (Å²) in [5.41, 5.74) is 22.1. The predicted molar refractivity (Wildman–Crippen MR) is 371 cm³/mol. The lowest BCUT2D eigenvalue weighted by Crippen LogP contribution is -2.60. The Morgan fingerprint density at radius 2 is 1.07 bits per heavy atom. The van der Waals surface area contributed by atoms with Gasteiger partial charge < -0.3 is 100 Å². The number of guanidine groups is 1. The van der Waals surface area contributed by atoms with Crippen LogP contribution >= 0.6 is 47.8 Å². The molecule has 0 unspecified atom stereocenters. The summed E-state index contributed by atoms with van der Waals surface area (Å²) in [4.78, 5) is 160. The summed E-state index contributed by atoms with van der Waals surface area (Å²) in [6.45, 7) is 15.4. The normalized spacial score (nSPS) is 13.3. The molecular weight excluding hydrogens is 1330 g/mol. The fourth-order valence-corrected chi connectivity index (χ4v) is 9.89. The number of unbranched alkanes of at least 4 members (excludes halogenated alkanes) is 1. The van der Waals surface area contributed by atoms with Crippen LogP contribution in [-0.4, -0.2) is 243 Å². The molecule has 0 aliphatic heterocycles. The van der Waals surface area contributed by atoms with E-state index in [-0.39, 0.29) is 92.5 Å². The monoisotopic (exact) mass is 1440 g/mol. The fourth-order valence-electron chi connectivity index (χ4n) is 7.76. The average molecular weight is 1440 g/mol. The topological polar surface area (TPSA) is 499 Å². The Morgan fingerprint density at radius 3 is 1.60 bits per heavy atom. The Bertz CT molecular complexity index is 2590. The lowest BCUT2D eigenvalue weighted by Gasteiger charge is -2.28. The van der Waals surface area contributed by atoms with Gasteiger partial charge in [-0.2, -0.15) is 36.2 Å². The highest BCUT2D eigenvalue weighted by Crippen LogP contribution is 2.25. The number of nitrogens with zero attached hydrogens (tertiary/aromatic N) is 1. The number of carboxylic acids is 1. The number of nitrogens with two attached hydrogens (primary N) is 4. The molecule has 0 saturated carbocycles. The number of aliphatic carboxylic acids is 1. The van der Waals surface area contributed by atoms with Gasteiger partial charge >= 0.3 is 5.97 Å². The van der Waals surface area contributed by atoms with Gasteiger partial charge in [0.15, 0.2) is 5.96 Å². The summed E-state index contributed by atoms with van der Waals surface area (Å²) in [6.07, 6.45) is 1.27. The molecule has 7 atom stereocenters. The lowest BCUT2D eigenvalue weighted by molar-refractivity contribution is -0.141. The Hall–Kier alpha value is -6.73. The molecule has 0 spiro atoms. The number of thioether (sulfide) groups is 2. The van der Waals surface area contributed by atoms with Crippen molar-refractivity contribution in [3.8, 4) is 0 Å². The van der Waals surface area contributed by atoms with Gasteiger partial charge in [0.2, 0.25) is 65.0 Å². The number of halogens is 1. The Kier molecular flexibility index (Phi) is 47.9. The summed E-state index contributed by atoms with van der Waals surface area (Å²) >= 11 is 12.5. The van der Waals surface area contributed by atoms with Crippen LogP contribution in [-0.2, 0) is 82.9 Å². The van der Waals surface area contributed by atoms with Crippen LogP contribution < -0.4 is 76.1 Å². The summed E-state index contributed by atoms with van der Waals surface area (Å²) in [6, 6.07) is -0.593. The number of carbonyl (C=O) groups is 12. The number of carboxylic acid groups (broad SMARTS) is 1. The molecule has 1 rings (SSSR count). The smallest absolute Gasteiger partial charge is 0.305 e. The molecule has 11 amide bonds. The zero-order valence-electron chi connectivity index (χ0n) is 56.3. The minimum absolute atomic E-state index is 0.0335. The number of ether oxygens (including phenoxy) is 4. The van der Waals surface area contributed by atoms with Gasteiger partial charge in [0.05, 0.1) is 39.4 Å². The number of carbonyl (C=O) groups excluding carboxylic acids is 11. The maximum absolute atomic E-state index is 14.2. The molecule has 0 bridgehead atoms. The number of thiol groups is 1. The lowest BCUT2D eigenvalue weighted by atomic mass is 10.0. The zero-order valence-corrected chi connectivity index (χ0v) is 59.6. The number of benzene rings is 1. The molecule has 0 aliphatic rings. The van der Waals surface area contributed by atoms with Crippen molar-refractivity contribution in [3.05, 3.63) is 35.9 Å². The van der Waals surface area contributed by atoms with Gasteiger partial charge in [-0.25, -0.2) is 0 Å². The predicted octanol–water partition coefficient (Wildman–Crippen LogP) is -2.56. The highest BCUT2D eigenvalue weighted by Gasteiger charge is 2.35. The van der Waals surface area contributed by atoms with Crippen molar-refractivity contribution >= 4 is 125 Å². The van der Waals surface area contributed by atoms with Crippen LogP contribution in [0.3, 0.4) is 0 Å². The second-order valence-electron chi connectivity index (χ2n) is 23.3. The van der Waals surface area contributed by atoms with Crippen LogP contribution in [0.2, 0.25) is 0 Å². The maximum atomic E-state index is 14.2. The van der Waals surface area contributed by atoms with Crippen molar-refractivity contribution in [1.29, 1.82) is 0 Å². The van der Waals surface area contributed by atoms with E-state index in [1.807, 2.05) is 48.5 Å². The number of aliphatic imine (C=N–C) groups is 1. The van der Waals surface area contributed by atoms with Crippen LogP contribution in [0.1, 0.15) is 99.0 Å². The van der Waals surface area contributed by atoms with E-state index in [0.29, 0.717) is 51.3 Å². The second-order valence-corrected chi connectivity index (χ2v) is 27.6. The number of amides is 11. The average Bonchev–Trinajstić information content (AvgIpc) is 0.949. The first-order valence-corrected chi connectivity index (χ1v) is 34.3. The molecular formula is C60H104ClN15O17S3. The van der Waals surface area contributed by atoms with E-state index < -0.39 is 131 Å². The first-order chi connectivity index (χ1) is 45.3. The van der Waals surface area contributed by atoms with E-state index >= 15 is 0 Å². The molecule has 32 nitrogen and oxygen atoms in total. The number of primary amides is 1. The molecule has 0 radical (unpaired) electrons. The minimum Gasteiger partial charge on any atom is -0.481 e. The zero-order chi connectivity index (χ0) is 72.7. The molecule has 1 aromatic carbocycles. The van der Waals surface area contributed by atoms with Crippen LogP contribution in [0, 0.1) is 0 Å². The van der Waals surface area contributed by atoms with Crippen LogP contribution in [0.25, 0.3) is 0 Å². The first-order valence-electron chi connectivity index (χ1n) is 31.2. The SMILES string of the molecule is CCCOCCOCCNC(=O)COCC(N)=O.COCCNC(=O)[C@H](CS)NC(=O)[C@H](Cc1ccccc1)NC(=O)[C@H](CSC(C)(C)C)NC(=O)[C@H](CC(=O)O)NC(=O)CNC(=O)[C@H](CCCN=C(N)N)NC(=O)[C@H](CSC(C)(C)C)NC(=O)[C@H](CCCCN)NC(=O)CCl. The molecule has 0 fully saturated rings. The second kappa shape index (κ2) is 51.5. The first kappa shape index (κ1) is 89.3. The van der Waals surface area contributed by atoms with E-state index in [2.05, 4.69) is 70.8 Å². The quantitative estimate of drug-likeness (QED) is 0.0105. The van der Waals surface area contributed by atoms with Gasteiger partial charge in [0.1, 0.15) is 61.4 Å². The Morgan fingerprint density at radius 1 is 0.573 bits per heavy atom. The third kappa shape index (κ3) is 45.7. The molecule has 546 valence electrons. The maximum Gasteiger partial charge on any atom is 0.305 e. The fraction of sp³-hybridized carbons (Fsp3) is 0.683. The van der Waals surface area contributed by atoms with Gasteiger partial charge in [-0.3, -0.25) is 62.5 Å². The number of hydrogen-bond donors (Lipinski definition) is 16. The number of nitrogens with one attached hydrogen (secondary N) is 10. The van der Waals surface area contributed by atoms with Crippen molar-refractivity contribution in [2.45, 2.75) is 152 Å². The van der Waals surface area contributed by atoms with E-state index in [1.165, 1.54) is 30.6 Å². The molecule has 96 heavy (non-hydrogen) atoms. The van der Waals surface area contributed by atoms with E-state index in [0.717, 1.165) is 13.0 Å². The molecule has 36 heteroatoms. The minimum atomic E-state index is -1.80. The number of hydrogen-bond acceptors (Lipinski definition) is 21. The van der Waals surface area contributed by atoms with Crippen molar-refractivity contribution < 1.29 is 81.6 Å². The van der Waals surface area contributed by atoms with E-state index in [1.54, 1.807) is 30.3 Å². The highest BCUT2D eigenvalue weighted by atomic mass is 35.5. The summed E-state index contributed by atoms with van der Waals surface area (Å²) < 4.78 is 19.3. The standard InChI is InChI=1S/C49H82ClN13O12S3.C11H22N2O5/c1-48(2,3)77-27-35(62-42(70)31(16-11-12-18-51)57-37(64)24-50)45(73)59-30(17-13-19-55-47(52)53)40(68)56-25-38(65)58-33(23-39(66)67)44(72)63-36(28-78-49(4,5)6)46(74)60-32(22-29-14-9-8-10-15-29)43(71)61-34(26-76)41(69)54-20-21-75-7;1-2-4-16-6-7-17-5-3-13-11(15)9-18-8-10(12)14/h8-10,14-15,30-36,76H,11-13,16-28,51H2,1-7H3,(H,54,69)(H,56,68)(H,57,64)(H,58,65)(H,59,73)(H,60,74)(H,61,71)(H,62,70)(H,63,72)(H,66,67)(H4,52,53,55);2-9H2,1H3,(H2,12,14)(H,13,15)/t30-,31-,32-,33-,34-,35-,36-;/m0./s1. The van der Waals surface area contributed by atoms with Crippen molar-refractivity contribution in [2.75, 3.05) is 109 Å². The molecule has 19 N–H and O–H groups in total. The van der Waals surface area contributed by atoms with E-state index in [4.69, 9.17) is 53.5 Å². The number of methoxy groups -OCH3 is 1. The number of alkyl halides is 1. The Balaban J connectivity index is 0.00000432. The summed E-state index contributed by atoms with van der Waals surface area (Å²) in [5.74, 6) is -10.4. The largest absolute Gasteiger partial charge is 0.481 e. The van der Waals surface area contributed by atoms with Crippen LogP contribution in [0.15, 0.2) is 35.3 Å². The molecule has 1 aromatic rings.